The van der Waals surface area contributed by atoms with Crippen molar-refractivity contribution < 1.29 is 17.9 Å². The quantitative estimate of drug-likeness (QED) is 0.407. The van der Waals surface area contributed by atoms with E-state index in [0.717, 1.165) is 21.9 Å². The number of nitrogens with one attached hydrogen (secondary N) is 1. The molecule has 0 heterocycles. The van der Waals surface area contributed by atoms with Gasteiger partial charge in [-0.25, -0.2) is 8.42 Å². The van der Waals surface area contributed by atoms with E-state index >= 15 is 0 Å². The highest BCUT2D eigenvalue weighted by Gasteiger charge is 2.24. The molecule has 10 heteroatoms. The smallest absolute Gasteiger partial charge is 0.240 e. The van der Waals surface area contributed by atoms with Crippen LogP contribution >= 0.6 is 34.8 Å². The number of halogens is 3. The van der Waals surface area contributed by atoms with E-state index in [2.05, 4.69) is 26.1 Å². The van der Waals surface area contributed by atoms with E-state index < -0.39 is 22.5 Å². The highest BCUT2D eigenvalue weighted by Crippen LogP contribution is 2.35. The predicted octanol–water partition coefficient (Wildman–Crippen LogP) is 4.91. The Morgan fingerprint density at radius 2 is 1.68 bits per heavy atom. The van der Waals surface area contributed by atoms with E-state index in [1.165, 1.54) is 12.1 Å². The summed E-state index contributed by atoms with van der Waals surface area (Å²) < 4.78 is 31.2. The van der Waals surface area contributed by atoms with E-state index in [9.17, 15) is 13.2 Å². The van der Waals surface area contributed by atoms with Crippen molar-refractivity contribution in [1.29, 1.82) is 0 Å². The molecule has 0 saturated heterocycles. The van der Waals surface area contributed by atoms with Gasteiger partial charge < -0.3 is 10.1 Å². The van der Waals surface area contributed by atoms with Crippen molar-refractivity contribution in [3.05, 3.63) is 57.0 Å². The Labute approximate surface area is 198 Å². The molecule has 0 bridgehead atoms. The molecular weight excluding hydrogens is 483 g/mol. The van der Waals surface area contributed by atoms with Crippen LogP contribution in [-0.2, 0) is 20.2 Å². The number of carbonyl (C=O) groups excluding carboxylic acids is 1. The minimum absolute atomic E-state index is 0.0646. The van der Waals surface area contributed by atoms with Crippen molar-refractivity contribution in [2.24, 2.45) is 0 Å². The van der Waals surface area contributed by atoms with Gasteiger partial charge in [0.05, 0.1) is 33.6 Å². The van der Waals surface area contributed by atoms with Crippen LogP contribution in [0, 0.1) is 0 Å². The van der Waals surface area contributed by atoms with Crippen LogP contribution in [-0.4, -0.2) is 40.3 Å². The summed E-state index contributed by atoms with van der Waals surface area (Å²) in [5, 5.41) is 3.03. The lowest BCUT2D eigenvalue weighted by atomic mass is 9.86. The van der Waals surface area contributed by atoms with Crippen LogP contribution in [0.15, 0.2) is 36.4 Å². The summed E-state index contributed by atoms with van der Waals surface area (Å²) in [6.45, 7) is 6.23. The minimum Gasteiger partial charge on any atom is -0.491 e. The molecule has 0 aromatic heterocycles. The van der Waals surface area contributed by atoms with Gasteiger partial charge in [-0.15, -0.1) is 0 Å². The number of nitrogens with zero attached hydrogens (tertiary/aromatic N) is 1. The third kappa shape index (κ3) is 7.17. The minimum atomic E-state index is -3.81. The lowest BCUT2D eigenvalue weighted by Crippen LogP contribution is -2.41. The Morgan fingerprint density at radius 1 is 1.06 bits per heavy atom. The molecule has 0 aliphatic carbocycles. The molecule has 0 aliphatic rings. The van der Waals surface area contributed by atoms with Gasteiger partial charge in [0.2, 0.25) is 15.9 Å². The van der Waals surface area contributed by atoms with Gasteiger partial charge in [-0.05, 0) is 29.2 Å². The van der Waals surface area contributed by atoms with Crippen molar-refractivity contribution in [1.82, 2.24) is 5.32 Å². The van der Waals surface area contributed by atoms with Gasteiger partial charge in [-0.2, -0.15) is 0 Å². The summed E-state index contributed by atoms with van der Waals surface area (Å²) >= 11 is 18.0. The lowest BCUT2D eigenvalue weighted by molar-refractivity contribution is -0.119. The molecule has 170 valence electrons. The molecule has 6 nitrogen and oxygen atoms in total. The number of sulfonamides is 1. The molecule has 1 amide bonds. The first kappa shape index (κ1) is 25.6. The van der Waals surface area contributed by atoms with E-state index in [0.29, 0.717) is 0 Å². The fourth-order valence-corrected chi connectivity index (χ4v) is 4.39. The third-order valence-corrected chi connectivity index (χ3v) is 6.47. The number of para-hydroxylation sites is 1. The molecule has 0 saturated carbocycles. The van der Waals surface area contributed by atoms with E-state index in [1.807, 2.05) is 24.3 Å². The molecule has 2 aromatic carbocycles. The second-order valence-corrected chi connectivity index (χ2v) is 11.1. The van der Waals surface area contributed by atoms with Gasteiger partial charge in [-0.1, -0.05) is 73.8 Å². The van der Waals surface area contributed by atoms with Gasteiger partial charge in [0, 0.05) is 0 Å². The standard InChI is InChI=1S/C21H25Cl3N2O4S/c1-21(2,3)14-7-5-6-8-19(14)30-10-9-25-20(27)13-26(31(4,28)29)18-12-16(23)15(22)11-17(18)24/h5-8,11-12H,9-10,13H2,1-4H3,(H,25,27). The Morgan fingerprint density at radius 3 is 2.29 bits per heavy atom. The summed E-state index contributed by atoms with van der Waals surface area (Å²) in [6, 6.07) is 10.3. The summed E-state index contributed by atoms with van der Waals surface area (Å²) in [5.41, 5.74) is 1.04. The zero-order valence-electron chi connectivity index (χ0n) is 17.7. The molecular formula is C21H25Cl3N2O4S. The van der Waals surface area contributed by atoms with Crippen LogP contribution in [0.5, 0.6) is 5.75 Å². The van der Waals surface area contributed by atoms with Crippen LogP contribution in [0.3, 0.4) is 0 Å². The van der Waals surface area contributed by atoms with Crippen molar-refractivity contribution in [2.45, 2.75) is 26.2 Å². The predicted molar refractivity (Wildman–Crippen MR) is 127 cm³/mol. The molecule has 2 aromatic rings. The van der Waals surface area contributed by atoms with E-state index in [1.54, 1.807) is 0 Å². The summed E-state index contributed by atoms with van der Waals surface area (Å²) in [7, 11) is -3.81. The highest BCUT2D eigenvalue weighted by molar-refractivity contribution is 7.92. The molecule has 0 unspecified atom stereocenters. The molecule has 2 rings (SSSR count). The number of anilines is 1. The highest BCUT2D eigenvalue weighted by atomic mass is 35.5. The van der Waals surface area contributed by atoms with Crippen molar-refractivity contribution in [3.63, 3.8) is 0 Å². The molecule has 0 spiro atoms. The zero-order valence-corrected chi connectivity index (χ0v) is 20.8. The Hall–Kier alpha value is -1.67. The molecule has 0 radical (unpaired) electrons. The maximum atomic E-state index is 12.4. The molecule has 1 N–H and O–H groups in total. The Balaban J connectivity index is 2.02. The first-order chi connectivity index (χ1) is 14.3. The van der Waals surface area contributed by atoms with Crippen LogP contribution in [0.1, 0.15) is 26.3 Å². The summed E-state index contributed by atoms with van der Waals surface area (Å²) in [6.07, 6.45) is 0.978. The number of hydrogen-bond acceptors (Lipinski definition) is 4. The van der Waals surface area contributed by atoms with Crippen LogP contribution < -0.4 is 14.4 Å². The normalized spacial score (nSPS) is 11.8. The summed E-state index contributed by atoms with van der Waals surface area (Å²) in [4.78, 5) is 12.4. The first-order valence-electron chi connectivity index (χ1n) is 9.42. The number of rotatable bonds is 8. The van der Waals surface area contributed by atoms with Crippen molar-refractivity contribution in [3.8, 4) is 5.75 Å². The Bertz CT molecular complexity index is 1050. The SMILES string of the molecule is CC(C)(C)c1ccccc1OCCNC(=O)CN(c1cc(Cl)c(Cl)cc1Cl)S(C)(=O)=O. The van der Waals surface area contributed by atoms with Crippen LogP contribution in [0.4, 0.5) is 5.69 Å². The fraction of sp³-hybridized carbons (Fsp3) is 0.381. The largest absolute Gasteiger partial charge is 0.491 e. The maximum Gasteiger partial charge on any atom is 0.240 e. The van der Waals surface area contributed by atoms with E-state index in [-0.39, 0.29) is 39.3 Å². The molecule has 0 fully saturated rings. The topological polar surface area (TPSA) is 75.7 Å². The van der Waals surface area contributed by atoms with Gasteiger partial charge >= 0.3 is 0 Å². The average Bonchev–Trinajstić information content (AvgIpc) is 2.65. The third-order valence-electron chi connectivity index (χ3n) is 4.32. The number of ether oxygens (including phenoxy) is 1. The van der Waals surface area contributed by atoms with Crippen LogP contribution in [0.25, 0.3) is 0 Å². The lowest BCUT2D eigenvalue weighted by Gasteiger charge is -2.24. The molecule has 31 heavy (non-hydrogen) atoms. The summed E-state index contributed by atoms with van der Waals surface area (Å²) in [5.74, 6) is 0.227. The first-order valence-corrected chi connectivity index (χ1v) is 12.4. The van der Waals surface area contributed by atoms with Gasteiger partial charge in [-0.3, -0.25) is 9.10 Å². The number of carbonyl (C=O) groups is 1. The monoisotopic (exact) mass is 506 g/mol. The fourth-order valence-electron chi connectivity index (χ4n) is 2.83. The van der Waals surface area contributed by atoms with E-state index in [4.69, 9.17) is 39.5 Å². The van der Waals surface area contributed by atoms with Gasteiger partial charge in [0.15, 0.2) is 0 Å². The molecule has 0 aliphatic heterocycles. The van der Waals surface area contributed by atoms with Crippen molar-refractivity contribution >= 4 is 56.4 Å². The Kier molecular flexibility index (Phi) is 8.50. The van der Waals surface area contributed by atoms with Crippen LogP contribution in [0.2, 0.25) is 15.1 Å². The molecule has 0 atom stereocenters. The zero-order chi connectivity index (χ0) is 23.4. The van der Waals surface area contributed by atoms with Crippen molar-refractivity contribution in [2.75, 3.05) is 30.3 Å². The number of amides is 1. The second-order valence-electron chi connectivity index (χ2n) is 7.93. The number of benzene rings is 2. The average molecular weight is 508 g/mol. The maximum absolute atomic E-state index is 12.4. The second kappa shape index (κ2) is 10.3. The van der Waals surface area contributed by atoms with Gasteiger partial charge in [0.1, 0.15) is 18.9 Å². The van der Waals surface area contributed by atoms with Gasteiger partial charge in [0.25, 0.3) is 0 Å². The number of hydrogen-bond donors (Lipinski definition) is 1.